The van der Waals surface area contributed by atoms with Crippen LogP contribution in [0.5, 0.6) is 0 Å². The maximum absolute atomic E-state index is 5.47. The van der Waals surface area contributed by atoms with Gasteiger partial charge in [0.05, 0.1) is 12.3 Å². The summed E-state index contributed by atoms with van der Waals surface area (Å²) in [4.78, 5) is 3.33. The zero-order chi connectivity index (χ0) is 13.4. The van der Waals surface area contributed by atoms with Gasteiger partial charge < -0.3 is 14.3 Å². The number of aryl methyl sites for hydroxylation is 2. The molecule has 0 aliphatic carbocycles. The normalized spacial score (nSPS) is 19.6. The maximum atomic E-state index is 5.47. The predicted molar refractivity (Wildman–Crippen MR) is 76.8 cm³/mol. The number of nitrogens with one attached hydrogen (secondary N) is 1. The van der Waals surface area contributed by atoms with Gasteiger partial charge in [-0.15, -0.1) is 0 Å². The summed E-state index contributed by atoms with van der Waals surface area (Å²) >= 11 is 5.47. The van der Waals surface area contributed by atoms with E-state index < -0.39 is 0 Å². The standard InChI is InChI=1S/C13H20N4OS/c1-3-4-10-11-12(16(2)15-10)17(13(19)14-11)7-9-5-6-18-8-9/h9H,3-8H2,1-2H3,(H,14,19). The number of ether oxygens (including phenoxy) is 1. The van der Waals surface area contributed by atoms with Gasteiger partial charge in [0.2, 0.25) is 0 Å². The lowest BCUT2D eigenvalue weighted by Crippen LogP contribution is -2.12. The molecule has 104 valence electrons. The zero-order valence-electron chi connectivity index (χ0n) is 11.5. The first-order valence-corrected chi connectivity index (χ1v) is 7.33. The van der Waals surface area contributed by atoms with Crippen LogP contribution in [0.15, 0.2) is 0 Å². The Bertz CT molecular complexity index is 633. The first-order chi connectivity index (χ1) is 9.20. The van der Waals surface area contributed by atoms with Crippen LogP contribution in [-0.4, -0.2) is 32.5 Å². The summed E-state index contributed by atoms with van der Waals surface area (Å²) < 4.78 is 10.4. The van der Waals surface area contributed by atoms with E-state index in [2.05, 4.69) is 21.6 Å². The van der Waals surface area contributed by atoms with Crippen LogP contribution in [0.3, 0.4) is 0 Å². The van der Waals surface area contributed by atoms with E-state index in [0.717, 1.165) is 60.6 Å². The van der Waals surface area contributed by atoms with Gasteiger partial charge >= 0.3 is 0 Å². The molecule has 1 N–H and O–H groups in total. The van der Waals surface area contributed by atoms with Crippen LogP contribution >= 0.6 is 12.2 Å². The van der Waals surface area contributed by atoms with E-state index in [4.69, 9.17) is 17.0 Å². The molecule has 1 aliphatic heterocycles. The van der Waals surface area contributed by atoms with Gasteiger partial charge in [0.1, 0.15) is 5.52 Å². The molecule has 0 saturated carbocycles. The number of H-pyrrole nitrogens is 1. The van der Waals surface area contributed by atoms with Crippen molar-refractivity contribution in [3.05, 3.63) is 10.5 Å². The van der Waals surface area contributed by atoms with E-state index in [0.29, 0.717) is 5.92 Å². The third-order valence-corrected chi connectivity index (χ3v) is 4.10. The molecular formula is C13H20N4OS. The lowest BCUT2D eigenvalue weighted by Gasteiger charge is -2.09. The van der Waals surface area contributed by atoms with Gasteiger partial charge in [-0.3, -0.25) is 4.68 Å². The summed E-state index contributed by atoms with van der Waals surface area (Å²) in [5.74, 6) is 0.565. The molecule has 1 saturated heterocycles. The summed E-state index contributed by atoms with van der Waals surface area (Å²) in [6, 6.07) is 0. The Morgan fingerprint density at radius 3 is 3.05 bits per heavy atom. The minimum Gasteiger partial charge on any atom is -0.381 e. The topological polar surface area (TPSA) is 47.8 Å². The molecule has 2 aromatic heterocycles. The molecule has 19 heavy (non-hydrogen) atoms. The highest BCUT2D eigenvalue weighted by Crippen LogP contribution is 2.22. The summed E-state index contributed by atoms with van der Waals surface area (Å²) in [7, 11) is 1.99. The molecule has 2 aromatic rings. The lowest BCUT2D eigenvalue weighted by molar-refractivity contribution is 0.182. The highest BCUT2D eigenvalue weighted by molar-refractivity contribution is 7.71. The number of imidazole rings is 1. The van der Waals surface area contributed by atoms with E-state index in [1.807, 2.05) is 11.7 Å². The van der Waals surface area contributed by atoms with Crippen molar-refractivity contribution in [3.8, 4) is 0 Å². The Morgan fingerprint density at radius 2 is 2.37 bits per heavy atom. The van der Waals surface area contributed by atoms with Gasteiger partial charge in [0, 0.05) is 26.1 Å². The smallest absolute Gasteiger partial charge is 0.179 e. The van der Waals surface area contributed by atoms with Crippen molar-refractivity contribution in [1.29, 1.82) is 0 Å². The fraction of sp³-hybridized carbons (Fsp3) is 0.692. The third kappa shape index (κ3) is 2.23. The second-order valence-corrected chi connectivity index (χ2v) is 5.68. The molecule has 1 fully saturated rings. The van der Waals surface area contributed by atoms with E-state index in [1.54, 1.807) is 0 Å². The molecule has 6 heteroatoms. The Kier molecular flexibility index (Phi) is 3.45. The van der Waals surface area contributed by atoms with E-state index >= 15 is 0 Å². The molecule has 1 unspecified atom stereocenters. The van der Waals surface area contributed by atoms with Crippen molar-refractivity contribution >= 4 is 23.4 Å². The number of rotatable bonds is 4. The molecule has 1 atom stereocenters. The van der Waals surface area contributed by atoms with Gasteiger partial charge in [0.15, 0.2) is 10.4 Å². The number of fused-ring (bicyclic) bond motifs is 1. The maximum Gasteiger partial charge on any atom is 0.179 e. The van der Waals surface area contributed by atoms with Crippen molar-refractivity contribution in [3.63, 3.8) is 0 Å². The van der Waals surface area contributed by atoms with E-state index in [1.165, 1.54) is 0 Å². The summed E-state index contributed by atoms with van der Waals surface area (Å²) in [6.45, 7) is 4.80. The van der Waals surface area contributed by atoms with Crippen LogP contribution in [0.4, 0.5) is 0 Å². The van der Waals surface area contributed by atoms with Gasteiger partial charge in [-0.2, -0.15) is 5.10 Å². The van der Waals surface area contributed by atoms with Crippen LogP contribution in [0.1, 0.15) is 25.5 Å². The Hall–Kier alpha value is -1.14. The molecule has 0 amide bonds. The summed E-state index contributed by atoms with van der Waals surface area (Å²) in [6.07, 6.45) is 3.20. The van der Waals surface area contributed by atoms with Crippen molar-refractivity contribution in [2.24, 2.45) is 13.0 Å². The molecule has 5 nitrogen and oxygen atoms in total. The molecular weight excluding hydrogens is 260 g/mol. The molecule has 0 radical (unpaired) electrons. The van der Waals surface area contributed by atoms with Crippen LogP contribution in [0, 0.1) is 10.7 Å². The SMILES string of the molecule is CCCc1nn(C)c2c1[nH]c(=S)n2CC1CCOC1. The number of nitrogens with zero attached hydrogens (tertiary/aromatic N) is 3. The third-order valence-electron chi connectivity index (χ3n) is 3.77. The number of aromatic amines is 1. The predicted octanol–water partition coefficient (Wildman–Crippen LogP) is 2.42. The number of aromatic nitrogens is 4. The van der Waals surface area contributed by atoms with Crippen LogP contribution in [-0.2, 0) is 24.8 Å². The highest BCUT2D eigenvalue weighted by Gasteiger charge is 2.20. The summed E-state index contributed by atoms with van der Waals surface area (Å²) in [5.41, 5.74) is 3.33. The monoisotopic (exact) mass is 280 g/mol. The van der Waals surface area contributed by atoms with Gasteiger partial charge in [-0.05, 0) is 25.1 Å². The Labute approximate surface area is 117 Å². The molecule has 0 spiro atoms. The van der Waals surface area contributed by atoms with E-state index in [9.17, 15) is 0 Å². The zero-order valence-corrected chi connectivity index (χ0v) is 12.3. The minimum atomic E-state index is 0.565. The fourth-order valence-corrected chi connectivity index (χ4v) is 3.11. The molecule has 3 rings (SSSR count). The highest BCUT2D eigenvalue weighted by atomic mass is 32.1. The average molecular weight is 280 g/mol. The first-order valence-electron chi connectivity index (χ1n) is 6.92. The molecule has 3 heterocycles. The van der Waals surface area contributed by atoms with Crippen molar-refractivity contribution < 1.29 is 4.74 Å². The second-order valence-electron chi connectivity index (χ2n) is 5.29. The van der Waals surface area contributed by atoms with Crippen LogP contribution in [0.25, 0.3) is 11.2 Å². The average Bonchev–Trinajstić information content (AvgIpc) is 3.04. The fourth-order valence-electron chi connectivity index (χ4n) is 2.84. The molecule has 1 aliphatic rings. The molecule has 0 aromatic carbocycles. The summed E-state index contributed by atoms with van der Waals surface area (Å²) in [5, 5.41) is 4.60. The minimum absolute atomic E-state index is 0.565. The van der Waals surface area contributed by atoms with Gasteiger partial charge in [0.25, 0.3) is 0 Å². The number of hydrogen-bond acceptors (Lipinski definition) is 3. The quantitative estimate of drug-likeness (QED) is 0.875. The number of hydrogen-bond donors (Lipinski definition) is 1. The van der Waals surface area contributed by atoms with Gasteiger partial charge in [-0.25, -0.2) is 0 Å². The first kappa shape index (κ1) is 12.9. The van der Waals surface area contributed by atoms with Crippen LogP contribution in [0.2, 0.25) is 0 Å². The van der Waals surface area contributed by atoms with Crippen molar-refractivity contribution in [2.45, 2.75) is 32.7 Å². The lowest BCUT2D eigenvalue weighted by atomic mass is 10.1. The Morgan fingerprint density at radius 1 is 1.53 bits per heavy atom. The van der Waals surface area contributed by atoms with Gasteiger partial charge in [-0.1, -0.05) is 13.3 Å². The second kappa shape index (κ2) is 5.09. The molecule has 0 bridgehead atoms. The largest absolute Gasteiger partial charge is 0.381 e. The Balaban J connectivity index is 2.03. The van der Waals surface area contributed by atoms with Crippen molar-refractivity contribution in [2.75, 3.05) is 13.2 Å². The van der Waals surface area contributed by atoms with Crippen LogP contribution < -0.4 is 0 Å². The van der Waals surface area contributed by atoms with E-state index in [-0.39, 0.29) is 0 Å². The van der Waals surface area contributed by atoms with Crippen molar-refractivity contribution in [1.82, 2.24) is 19.3 Å².